The van der Waals surface area contributed by atoms with Gasteiger partial charge in [0.2, 0.25) is 0 Å². The Morgan fingerprint density at radius 2 is 1.64 bits per heavy atom. The molecule has 0 unspecified atom stereocenters. The Labute approximate surface area is 175 Å². The number of halogens is 3. The first-order valence-electron chi connectivity index (χ1n) is 7.95. The largest absolute Gasteiger partial charge is 0.452 e. The molecule has 2 rings (SSSR count). The normalized spacial score (nSPS) is 10.1. The van der Waals surface area contributed by atoms with E-state index in [1.165, 1.54) is 24.3 Å². The van der Waals surface area contributed by atoms with Crippen molar-refractivity contribution in [3.05, 3.63) is 57.0 Å². The lowest BCUT2D eigenvalue weighted by Crippen LogP contribution is -2.21. The zero-order chi connectivity index (χ0) is 20.7. The number of ether oxygens (including phenoxy) is 2. The van der Waals surface area contributed by atoms with E-state index in [9.17, 15) is 14.4 Å². The van der Waals surface area contributed by atoms with E-state index in [4.69, 9.17) is 44.3 Å². The summed E-state index contributed by atoms with van der Waals surface area (Å²) in [6.07, 6.45) is -0.649. The van der Waals surface area contributed by atoms with E-state index >= 15 is 0 Å². The highest BCUT2D eigenvalue weighted by molar-refractivity contribution is 6.42. The van der Waals surface area contributed by atoms with Crippen LogP contribution in [-0.4, -0.2) is 31.2 Å². The van der Waals surface area contributed by atoms with Crippen LogP contribution in [0.4, 0.5) is 16.2 Å². The van der Waals surface area contributed by atoms with Crippen LogP contribution in [-0.2, 0) is 14.3 Å². The lowest BCUT2D eigenvalue weighted by molar-refractivity contribution is -0.119. The standard InChI is InChI=1S/C18H15Cl3N2O5/c1-2-27-18(26)22-12-5-3-4-10(6-12)17(25)28-9-15(24)23-16-13(20)7-11(19)8-14(16)21/h3-8H,2,9H2,1H3,(H,22,26)(H,23,24). The van der Waals surface area contributed by atoms with Crippen LogP contribution in [0.15, 0.2) is 36.4 Å². The molecule has 0 saturated heterocycles. The first-order chi connectivity index (χ1) is 13.3. The Bertz CT molecular complexity index is 882. The summed E-state index contributed by atoms with van der Waals surface area (Å²) in [7, 11) is 0. The van der Waals surface area contributed by atoms with E-state index in [0.29, 0.717) is 10.7 Å². The second-order valence-electron chi connectivity index (χ2n) is 5.30. The van der Waals surface area contributed by atoms with Gasteiger partial charge in [-0.25, -0.2) is 9.59 Å². The van der Waals surface area contributed by atoms with Gasteiger partial charge in [0.05, 0.1) is 27.9 Å². The molecule has 7 nitrogen and oxygen atoms in total. The monoisotopic (exact) mass is 444 g/mol. The number of benzene rings is 2. The van der Waals surface area contributed by atoms with Gasteiger partial charge in [-0.15, -0.1) is 0 Å². The van der Waals surface area contributed by atoms with Crippen LogP contribution in [0.3, 0.4) is 0 Å². The molecular weight excluding hydrogens is 431 g/mol. The summed E-state index contributed by atoms with van der Waals surface area (Å²) in [6, 6.07) is 8.82. The highest BCUT2D eigenvalue weighted by Crippen LogP contribution is 2.33. The van der Waals surface area contributed by atoms with Gasteiger partial charge < -0.3 is 14.8 Å². The van der Waals surface area contributed by atoms with Crippen molar-refractivity contribution in [3.63, 3.8) is 0 Å². The van der Waals surface area contributed by atoms with Crippen LogP contribution in [0, 0.1) is 0 Å². The number of hydrogen-bond donors (Lipinski definition) is 2. The summed E-state index contributed by atoms with van der Waals surface area (Å²) >= 11 is 17.8. The van der Waals surface area contributed by atoms with Gasteiger partial charge >= 0.3 is 12.1 Å². The third kappa shape index (κ3) is 6.30. The third-order valence-electron chi connectivity index (χ3n) is 3.23. The van der Waals surface area contributed by atoms with Crippen LogP contribution >= 0.6 is 34.8 Å². The van der Waals surface area contributed by atoms with Gasteiger partial charge in [-0.2, -0.15) is 0 Å². The zero-order valence-corrected chi connectivity index (χ0v) is 16.8. The maximum atomic E-state index is 12.1. The number of hydrogen-bond acceptors (Lipinski definition) is 5. The quantitative estimate of drug-likeness (QED) is 0.610. The SMILES string of the molecule is CCOC(=O)Nc1cccc(C(=O)OCC(=O)Nc2c(Cl)cc(Cl)cc2Cl)c1. The van der Waals surface area contributed by atoms with Crippen LogP contribution < -0.4 is 10.6 Å². The summed E-state index contributed by atoms with van der Waals surface area (Å²) in [4.78, 5) is 35.6. The molecule has 0 saturated carbocycles. The van der Waals surface area contributed by atoms with Crippen molar-refractivity contribution in [2.24, 2.45) is 0 Å². The lowest BCUT2D eigenvalue weighted by atomic mass is 10.2. The molecule has 0 radical (unpaired) electrons. The van der Waals surface area contributed by atoms with E-state index in [2.05, 4.69) is 10.6 Å². The number of esters is 1. The van der Waals surface area contributed by atoms with E-state index in [1.54, 1.807) is 19.1 Å². The maximum absolute atomic E-state index is 12.1. The first-order valence-corrected chi connectivity index (χ1v) is 9.09. The van der Waals surface area contributed by atoms with Gasteiger partial charge in [0.15, 0.2) is 6.61 Å². The van der Waals surface area contributed by atoms with Crippen molar-refractivity contribution in [2.75, 3.05) is 23.8 Å². The Kier molecular flexibility index (Phi) is 7.92. The number of anilines is 2. The van der Waals surface area contributed by atoms with Gasteiger partial charge in [0, 0.05) is 10.7 Å². The van der Waals surface area contributed by atoms with Gasteiger partial charge in [-0.1, -0.05) is 40.9 Å². The summed E-state index contributed by atoms with van der Waals surface area (Å²) in [5, 5.41) is 5.53. The van der Waals surface area contributed by atoms with Gasteiger partial charge in [0.1, 0.15) is 0 Å². The molecule has 10 heteroatoms. The third-order valence-corrected chi connectivity index (χ3v) is 4.04. The van der Waals surface area contributed by atoms with E-state index < -0.39 is 24.6 Å². The Morgan fingerprint density at radius 3 is 2.29 bits per heavy atom. The summed E-state index contributed by atoms with van der Waals surface area (Å²) < 4.78 is 9.73. The molecule has 0 spiro atoms. The first kappa shape index (κ1) is 21.8. The maximum Gasteiger partial charge on any atom is 0.411 e. The van der Waals surface area contributed by atoms with Crippen molar-refractivity contribution in [1.82, 2.24) is 0 Å². The Morgan fingerprint density at radius 1 is 0.964 bits per heavy atom. The fraction of sp³-hybridized carbons (Fsp3) is 0.167. The molecule has 0 aromatic heterocycles. The predicted octanol–water partition coefficient (Wildman–Crippen LogP) is 5.01. The molecular formula is C18H15Cl3N2O5. The van der Waals surface area contributed by atoms with E-state index in [0.717, 1.165) is 0 Å². The number of amides is 2. The van der Waals surface area contributed by atoms with Crippen molar-refractivity contribution >= 4 is 64.1 Å². The molecule has 0 heterocycles. The smallest absolute Gasteiger partial charge is 0.411 e. The average molecular weight is 446 g/mol. The Hall–Kier alpha value is -2.48. The van der Waals surface area contributed by atoms with Gasteiger partial charge in [0.25, 0.3) is 5.91 Å². The van der Waals surface area contributed by atoms with Crippen molar-refractivity contribution < 1.29 is 23.9 Å². The van der Waals surface area contributed by atoms with Crippen molar-refractivity contribution in [3.8, 4) is 0 Å². The molecule has 0 aliphatic rings. The lowest BCUT2D eigenvalue weighted by Gasteiger charge is -2.11. The number of rotatable bonds is 6. The van der Waals surface area contributed by atoms with Crippen molar-refractivity contribution in [2.45, 2.75) is 6.92 Å². The summed E-state index contributed by atoms with van der Waals surface area (Å²) in [6.45, 7) is 1.32. The highest BCUT2D eigenvalue weighted by Gasteiger charge is 2.15. The van der Waals surface area contributed by atoms with Crippen molar-refractivity contribution in [1.29, 1.82) is 0 Å². The molecule has 0 bridgehead atoms. The highest BCUT2D eigenvalue weighted by atomic mass is 35.5. The Balaban J connectivity index is 1.95. The second-order valence-corrected chi connectivity index (χ2v) is 6.55. The molecule has 2 N–H and O–H groups in total. The fourth-order valence-electron chi connectivity index (χ4n) is 2.06. The van der Waals surface area contributed by atoms with Gasteiger partial charge in [-0.3, -0.25) is 10.1 Å². The van der Waals surface area contributed by atoms with Crippen LogP contribution in [0.25, 0.3) is 0 Å². The number of carbonyl (C=O) groups is 3. The molecule has 28 heavy (non-hydrogen) atoms. The molecule has 2 aromatic rings. The summed E-state index contributed by atoms with van der Waals surface area (Å²) in [5.74, 6) is -1.39. The topological polar surface area (TPSA) is 93.7 Å². The molecule has 2 amide bonds. The van der Waals surface area contributed by atoms with E-state index in [-0.39, 0.29) is 27.9 Å². The summed E-state index contributed by atoms with van der Waals surface area (Å²) in [5.41, 5.74) is 0.649. The van der Waals surface area contributed by atoms with Crippen LogP contribution in [0.5, 0.6) is 0 Å². The molecule has 2 aromatic carbocycles. The molecule has 148 valence electrons. The number of nitrogens with one attached hydrogen (secondary N) is 2. The molecule has 0 fully saturated rings. The average Bonchev–Trinajstić information content (AvgIpc) is 2.63. The van der Waals surface area contributed by atoms with E-state index in [1.807, 2.05) is 0 Å². The second kappa shape index (κ2) is 10.2. The van der Waals surface area contributed by atoms with Crippen LogP contribution in [0.1, 0.15) is 17.3 Å². The fourth-order valence-corrected chi connectivity index (χ4v) is 2.97. The minimum absolute atomic E-state index is 0.143. The number of carbonyl (C=O) groups excluding carboxylic acids is 3. The zero-order valence-electron chi connectivity index (χ0n) is 14.6. The minimum Gasteiger partial charge on any atom is -0.452 e. The predicted molar refractivity (Wildman–Crippen MR) is 107 cm³/mol. The molecule has 0 atom stereocenters. The van der Waals surface area contributed by atoms with Crippen LogP contribution in [0.2, 0.25) is 15.1 Å². The molecule has 0 aliphatic carbocycles. The molecule has 0 aliphatic heterocycles. The van der Waals surface area contributed by atoms with Gasteiger partial charge in [-0.05, 0) is 37.3 Å². The minimum atomic E-state index is -0.754.